The monoisotopic (exact) mass is 306 g/mol. The lowest BCUT2D eigenvalue weighted by atomic mass is 9.96. The molecule has 2 unspecified atom stereocenters. The number of carbonyl (C=O) groups is 2. The number of amides is 2. The molecule has 21 heavy (non-hydrogen) atoms. The Kier molecular flexibility index (Phi) is 3.78. The molecule has 4 nitrogen and oxygen atoms in total. The van der Waals surface area contributed by atoms with Gasteiger partial charge in [0.15, 0.2) is 0 Å². The molecule has 3 rings (SSSR count). The Bertz CT molecular complexity index is 561. The average Bonchev–Trinajstić information content (AvgIpc) is 2.80. The second-order valence-electron chi connectivity index (χ2n) is 6.14. The van der Waals surface area contributed by atoms with Crippen molar-refractivity contribution in [2.45, 2.75) is 58.7 Å². The van der Waals surface area contributed by atoms with Gasteiger partial charge < -0.3 is 9.80 Å². The van der Waals surface area contributed by atoms with E-state index in [1.165, 1.54) is 15.3 Å². The zero-order valence-electron chi connectivity index (χ0n) is 12.9. The molecule has 0 bridgehead atoms. The normalized spacial score (nSPS) is 26.2. The zero-order chi connectivity index (χ0) is 15.1. The van der Waals surface area contributed by atoms with Crippen molar-refractivity contribution in [2.75, 3.05) is 6.54 Å². The lowest BCUT2D eigenvalue weighted by Crippen LogP contribution is -2.64. The highest BCUT2D eigenvalue weighted by molar-refractivity contribution is 7.12. The smallest absolute Gasteiger partial charge is 0.246 e. The van der Waals surface area contributed by atoms with Crippen LogP contribution < -0.4 is 0 Å². The summed E-state index contributed by atoms with van der Waals surface area (Å²) >= 11 is 1.72. The summed E-state index contributed by atoms with van der Waals surface area (Å²) in [5.41, 5.74) is 1.26. The molecule has 2 amide bonds. The Hall–Kier alpha value is -1.36. The molecular weight excluding hydrogens is 284 g/mol. The van der Waals surface area contributed by atoms with Crippen molar-refractivity contribution in [1.82, 2.24) is 9.80 Å². The number of fused-ring (bicyclic) bond motifs is 1. The second-order valence-corrected chi connectivity index (χ2v) is 7.48. The molecule has 3 heterocycles. The van der Waals surface area contributed by atoms with E-state index in [0.717, 1.165) is 25.8 Å². The lowest BCUT2D eigenvalue weighted by molar-refractivity contribution is -0.163. The molecule has 0 saturated carbocycles. The summed E-state index contributed by atoms with van der Waals surface area (Å²) in [4.78, 5) is 31.3. The Labute approximate surface area is 129 Å². The first kappa shape index (κ1) is 14.6. The third-order valence-electron chi connectivity index (χ3n) is 4.72. The molecule has 1 aromatic heterocycles. The summed E-state index contributed by atoms with van der Waals surface area (Å²) in [6.07, 6.45) is 2.88. The molecule has 1 aromatic rings. The largest absolute Gasteiger partial charge is 0.329 e. The van der Waals surface area contributed by atoms with Crippen molar-refractivity contribution in [3.05, 3.63) is 21.4 Å². The van der Waals surface area contributed by atoms with Gasteiger partial charge >= 0.3 is 0 Å². The molecule has 114 valence electrons. The first-order chi connectivity index (χ1) is 9.99. The van der Waals surface area contributed by atoms with Crippen LogP contribution in [0.4, 0.5) is 0 Å². The number of rotatable bonds is 2. The van der Waals surface area contributed by atoms with Gasteiger partial charge in [0.25, 0.3) is 0 Å². The fraction of sp³-hybridized carbons (Fsp3) is 0.625. The maximum Gasteiger partial charge on any atom is 0.246 e. The van der Waals surface area contributed by atoms with Crippen molar-refractivity contribution in [3.8, 4) is 0 Å². The van der Waals surface area contributed by atoms with E-state index in [4.69, 9.17) is 0 Å². The molecule has 0 spiro atoms. The van der Waals surface area contributed by atoms with Gasteiger partial charge in [-0.3, -0.25) is 9.59 Å². The van der Waals surface area contributed by atoms with Gasteiger partial charge in [-0.15, -0.1) is 11.3 Å². The van der Waals surface area contributed by atoms with E-state index in [1.807, 2.05) is 6.92 Å². The van der Waals surface area contributed by atoms with Gasteiger partial charge in [0.2, 0.25) is 11.8 Å². The van der Waals surface area contributed by atoms with Gasteiger partial charge in [-0.05, 0) is 51.7 Å². The van der Waals surface area contributed by atoms with E-state index < -0.39 is 0 Å². The first-order valence-electron chi connectivity index (χ1n) is 7.66. The van der Waals surface area contributed by atoms with Crippen molar-refractivity contribution in [3.63, 3.8) is 0 Å². The Balaban J connectivity index is 1.83. The molecular formula is C16H22N2O2S. The Morgan fingerprint density at radius 2 is 2.00 bits per heavy atom. The standard InChI is InChI=1S/C16H22N2O2S/c1-10-8-13(21-12(10)3)9-18-11(2)15(19)17-7-5-4-6-14(17)16(18)20/h8,11,14H,4-7,9H2,1-3H3. The molecule has 0 aromatic carbocycles. The molecule has 2 saturated heterocycles. The van der Waals surface area contributed by atoms with E-state index in [9.17, 15) is 9.59 Å². The highest BCUT2D eigenvalue weighted by Gasteiger charge is 2.44. The number of nitrogens with zero attached hydrogens (tertiary/aromatic N) is 2. The summed E-state index contributed by atoms with van der Waals surface area (Å²) in [5, 5.41) is 0. The summed E-state index contributed by atoms with van der Waals surface area (Å²) in [5.74, 6) is 0.245. The van der Waals surface area contributed by atoms with Gasteiger partial charge in [0.1, 0.15) is 12.1 Å². The van der Waals surface area contributed by atoms with E-state index in [1.54, 1.807) is 21.1 Å². The van der Waals surface area contributed by atoms with Gasteiger partial charge in [-0.25, -0.2) is 0 Å². The highest BCUT2D eigenvalue weighted by Crippen LogP contribution is 2.29. The van der Waals surface area contributed by atoms with E-state index >= 15 is 0 Å². The van der Waals surface area contributed by atoms with Gasteiger partial charge in [-0.2, -0.15) is 0 Å². The number of piperidine rings is 1. The number of aryl methyl sites for hydroxylation is 2. The molecule has 5 heteroatoms. The van der Waals surface area contributed by atoms with E-state index in [-0.39, 0.29) is 23.9 Å². The van der Waals surface area contributed by atoms with Crippen LogP contribution in [-0.2, 0) is 16.1 Å². The number of hydrogen-bond acceptors (Lipinski definition) is 3. The molecule has 2 fully saturated rings. The quantitative estimate of drug-likeness (QED) is 0.842. The average molecular weight is 306 g/mol. The number of carbonyl (C=O) groups excluding carboxylic acids is 2. The Morgan fingerprint density at radius 3 is 2.67 bits per heavy atom. The first-order valence-corrected chi connectivity index (χ1v) is 8.47. The van der Waals surface area contributed by atoms with E-state index in [0.29, 0.717) is 6.54 Å². The summed E-state index contributed by atoms with van der Waals surface area (Å²) < 4.78 is 0. The summed E-state index contributed by atoms with van der Waals surface area (Å²) in [7, 11) is 0. The fourth-order valence-corrected chi connectivity index (χ4v) is 4.37. The Morgan fingerprint density at radius 1 is 1.24 bits per heavy atom. The lowest BCUT2D eigenvalue weighted by Gasteiger charge is -2.45. The minimum atomic E-state index is -0.338. The fourth-order valence-electron chi connectivity index (χ4n) is 3.32. The number of hydrogen-bond donors (Lipinski definition) is 0. The van der Waals surface area contributed by atoms with Crippen molar-refractivity contribution in [2.24, 2.45) is 0 Å². The molecule has 2 atom stereocenters. The van der Waals surface area contributed by atoms with Gasteiger partial charge in [0.05, 0.1) is 6.54 Å². The van der Waals surface area contributed by atoms with Crippen LogP contribution in [0.2, 0.25) is 0 Å². The zero-order valence-corrected chi connectivity index (χ0v) is 13.7. The van der Waals surface area contributed by atoms with Crippen LogP contribution in [0.25, 0.3) is 0 Å². The topological polar surface area (TPSA) is 40.6 Å². The van der Waals surface area contributed by atoms with Crippen LogP contribution in [0.15, 0.2) is 6.07 Å². The predicted molar refractivity (Wildman–Crippen MR) is 83.2 cm³/mol. The minimum absolute atomic E-state index is 0.115. The number of thiophene rings is 1. The second kappa shape index (κ2) is 5.44. The van der Waals surface area contributed by atoms with Crippen molar-refractivity contribution < 1.29 is 9.59 Å². The summed E-state index contributed by atoms with van der Waals surface area (Å²) in [6, 6.07) is 1.58. The van der Waals surface area contributed by atoms with Gasteiger partial charge in [0, 0.05) is 16.3 Å². The molecule has 0 N–H and O–H groups in total. The van der Waals surface area contributed by atoms with E-state index in [2.05, 4.69) is 19.9 Å². The van der Waals surface area contributed by atoms with Crippen LogP contribution in [-0.4, -0.2) is 40.2 Å². The van der Waals surface area contributed by atoms with Crippen LogP contribution in [0.3, 0.4) is 0 Å². The molecule has 2 aliphatic rings. The maximum absolute atomic E-state index is 12.7. The van der Waals surface area contributed by atoms with Crippen LogP contribution in [0, 0.1) is 13.8 Å². The van der Waals surface area contributed by atoms with Crippen molar-refractivity contribution >= 4 is 23.2 Å². The number of piperazine rings is 1. The highest BCUT2D eigenvalue weighted by atomic mass is 32.1. The third-order valence-corrected chi connectivity index (χ3v) is 5.86. The van der Waals surface area contributed by atoms with Crippen molar-refractivity contribution in [1.29, 1.82) is 0 Å². The molecule has 0 radical (unpaired) electrons. The van der Waals surface area contributed by atoms with Crippen LogP contribution in [0.1, 0.15) is 41.5 Å². The molecule has 2 aliphatic heterocycles. The summed E-state index contributed by atoms with van der Waals surface area (Å²) in [6.45, 7) is 7.35. The third kappa shape index (κ3) is 2.48. The van der Waals surface area contributed by atoms with Crippen LogP contribution in [0.5, 0.6) is 0 Å². The maximum atomic E-state index is 12.7. The minimum Gasteiger partial charge on any atom is -0.329 e. The van der Waals surface area contributed by atoms with Crippen LogP contribution >= 0.6 is 11.3 Å². The predicted octanol–water partition coefficient (Wildman–Crippen LogP) is 2.48. The SMILES string of the molecule is Cc1cc(CN2C(=O)C3CCCCN3C(=O)C2C)sc1C. The van der Waals surface area contributed by atoms with Gasteiger partial charge in [-0.1, -0.05) is 0 Å². The molecule has 0 aliphatic carbocycles.